The second kappa shape index (κ2) is 10.7. The SMILES string of the molecule is CN(CCC(c1ccccc1)c1ccccc1)CC(C)(C)N.Cl.Cl. The summed E-state index contributed by atoms with van der Waals surface area (Å²) in [6.45, 7) is 6.10. The number of nitrogens with zero attached hydrogens (tertiary/aromatic N) is 1. The summed E-state index contributed by atoms with van der Waals surface area (Å²) in [6.07, 6.45) is 1.10. The molecule has 4 heteroatoms. The van der Waals surface area contributed by atoms with Crippen molar-refractivity contribution >= 4 is 24.8 Å². The van der Waals surface area contributed by atoms with Gasteiger partial charge in [0, 0.05) is 18.0 Å². The zero-order chi connectivity index (χ0) is 16.0. The van der Waals surface area contributed by atoms with Crippen molar-refractivity contribution in [3.63, 3.8) is 0 Å². The molecule has 0 bridgehead atoms. The Morgan fingerprint density at radius 2 is 1.29 bits per heavy atom. The predicted octanol–water partition coefficient (Wildman–Crippen LogP) is 4.72. The van der Waals surface area contributed by atoms with E-state index in [2.05, 4.69) is 86.5 Å². The van der Waals surface area contributed by atoms with E-state index in [4.69, 9.17) is 5.73 Å². The van der Waals surface area contributed by atoms with E-state index in [1.54, 1.807) is 0 Å². The average Bonchev–Trinajstić information content (AvgIpc) is 2.48. The Labute approximate surface area is 159 Å². The summed E-state index contributed by atoms with van der Waals surface area (Å²) in [6, 6.07) is 21.6. The molecule has 2 nitrogen and oxygen atoms in total. The molecule has 24 heavy (non-hydrogen) atoms. The minimum absolute atomic E-state index is 0. The first-order chi connectivity index (χ1) is 10.5. The van der Waals surface area contributed by atoms with E-state index in [9.17, 15) is 0 Å². The minimum Gasteiger partial charge on any atom is -0.324 e. The molecule has 0 spiro atoms. The summed E-state index contributed by atoms with van der Waals surface area (Å²) < 4.78 is 0. The molecule has 2 aromatic rings. The molecular formula is C20H30Cl2N2. The van der Waals surface area contributed by atoms with E-state index < -0.39 is 0 Å². The Bertz CT molecular complexity index is 513. The summed E-state index contributed by atoms with van der Waals surface area (Å²) in [4.78, 5) is 2.33. The fourth-order valence-electron chi connectivity index (χ4n) is 3.02. The lowest BCUT2D eigenvalue weighted by Crippen LogP contribution is -2.44. The van der Waals surface area contributed by atoms with Gasteiger partial charge in [-0.05, 0) is 45.0 Å². The molecule has 0 amide bonds. The zero-order valence-corrected chi connectivity index (χ0v) is 16.4. The van der Waals surface area contributed by atoms with Crippen molar-refractivity contribution in [3.8, 4) is 0 Å². The van der Waals surface area contributed by atoms with Crippen LogP contribution in [0.3, 0.4) is 0 Å². The lowest BCUT2D eigenvalue weighted by molar-refractivity contribution is 0.264. The summed E-state index contributed by atoms with van der Waals surface area (Å²) >= 11 is 0. The van der Waals surface area contributed by atoms with Crippen molar-refractivity contribution in [1.82, 2.24) is 4.90 Å². The normalized spacial score (nSPS) is 11.1. The highest BCUT2D eigenvalue weighted by Gasteiger charge is 2.17. The topological polar surface area (TPSA) is 29.3 Å². The van der Waals surface area contributed by atoms with Gasteiger partial charge in [0.05, 0.1) is 0 Å². The number of halogens is 2. The molecule has 0 heterocycles. The molecule has 0 aliphatic heterocycles. The van der Waals surface area contributed by atoms with Gasteiger partial charge in [-0.1, -0.05) is 60.7 Å². The molecule has 0 aliphatic carbocycles. The van der Waals surface area contributed by atoms with Crippen molar-refractivity contribution in [3.05, 3.63) is 71.8 Å². The maximum absolute atomic E-state index is 6.12. The number of hydrogen-bond acceptors (Lipinski definition) is 2. The van der Waals surface area contributed by atoms with Crippen LogP contribution >= 0.6 is 24.8 Å². The Morgan fingerprint density at radius 3 is 1.67 bits per heavy atom. The molecule has 0 radical (unpaired) electrons. The van der Waals surface area contributed by atoms with Crippen molar-refractivity contribution in [1.29, 1.82) is 0 Å². The number of nitrogens with two attached hydrogens (primary N) is 1. The monoisotopic (exact) mass is 368 g/mol. The van der Waals surface area contributed by atoms with Crippen molar-refractivity contribution < 1.29 is 0 Å². The Balaban J connectivity index is 0.00000264. The number of likely N-dealkylation sites (N-methyl/N-ethyl adjacent to an activating group) is 1. The molecular weight excluding hydrogens is 339 g/mol. The summed E-state index contributed by atoms with van der Waals surface area (Å²) in [7, 11) is 2.15. The molecule has 0 atom stereocenters. The first-order valence-corrected chi connectivity index (χ1v) is 8.03. The lowest BCUT2D eigenvalue weighted by atomic mass is 9.88. The van der Waals surface area contributed by atoms with Crippen LogP contribution in [0.1, 0.15) is 37.3 Å². The van der Waals surface area contributed by atoms with E-state index in [1.807, 2.05) is 0 Å². The molecule has 2 N–H and O–H groups in total. The van der Waals surface area contributed by atoms with Crippen LogP contribution in [0.5, 0.6) is 0 Å². The largest absolute Gasteiger partial charge is 0.324 e. The van der Waals surface area contributed by atoms with Crippen LogP contribution in [0.15, 0.2) is 60.7 Å². The fourth-order valence-corrected chi connectivity index (χ4v) is 3.02. The summed E-state index contributed by atoms with van der Waals surface area (Å²) in [5.41, 5.74) is 8.74. The van der Waals surface area contributed by atoms with Crippen molar-refractivity contribution in [2.75, 3.05) is 20.1 Å². The molecule has 2 aromatic carbocycles. The van der Waals surface area contributed by atoms with Crippen molar-refractivity contribution in [2.45, 2.75) is 31.7 Å². The smallest absolute Gasteiger partial charge is 0.0225 e. The minimum atomic E-state index is -0.149. The van der Waals surface area contributed by atoms with Crippen LogP contribution in [0.25, 0.3) is 0 Å². The third kappa shape index (κ3) is 7.67. The first-order valence-electron chi connectivity index (χ1n) is 8.03. The Morgan fingerprint density at radius 1 is 0.875 bits per heavy atom. The second-order valence-corrected chi connectivity index (χ2v) is 6.89. The van der Waals surface area contributed by atoms with E-state index in [0.717, 1.165) is 19.5 Å². The predicted molar refractivity (Wildman–Crippen MR) is 110 cm³/mol. The highest BCUT2D eigenvalue weighted by molar-refractivity contribution is 5.85. The van der Waals surface area contributed by atoms with Gasteiger partial charge in [0.1, 0.15) is 0 Å². The van der Waals surface area contributed by atoms with Gasteiger partial charge in [0.25, 0.3) is 0 Å². The standard InChI is InChI=1S/C20H28N2.2ClH/c1-20(2,21)16-22(3)15-14-19(17-10-6-4-7-11-17)18-12-8-5-9-13-18;;/h4-13,19H,14-16,21H2,1-3H3;2*1H. The van der Waals surface area contributed by atoms with E-state index in [1.165, 1.54) is 11.1 Å². The maximum Gasteiger partial charge on any atom is 0.0225 e. The van der Waals surface area contributed by atoms with Crippen LogP contribution in [-0.4, -0.2) is 30.6 Å². The van der Waals surface area contributed by atoms with E-state index in [-0.39, 0.29) is 30.4 Å². The van der Waals surface area contributed by atoms with E-state index >= 15 is 0 Å². The number of hydrogen-bond donors (Lipinski definition) is 1. The van der Waals surface area contributed by atoms with Gasteiger partial charge >= 0.3 is 0 Å². The first kappa shape index (κ1) is 22.9. The highest BCUT2D eigenvalue weighted by Crippen LogP contribution is 2.28. The molecule has 134 valence electrons. The van der Waals surface area contributed by atoms with Crippen LogP contribution in [-0.2, 0) is 0 Å². The van der Waals surface area contributed by atoms with Gasteiger partial charge < -0.3 is 10.6 Å². The zero-order valence-electron chi connectivity index (χ0n) is 14.8. The molecule has 0 unspecified atom stereocenters. The Kier molecular flexibility index (Phi) is 10.3. The second-order valence-electron chi connectivity index (χ2n) is 6.89. The lowest BCUT2D eigenvalue weighted by Gasteiger charge is -2.28. The number of benzene rings is 2. The molecule has 0 aliphatic rings. The van der Waals surface area contributed by atoms with Crippen LogP contribution in [0.4, 0.5) is 0 Å². The van der Waals surface area contributed by atoms with Gasteiger partial charge in [-0.3, -0.25) is 0 Å². The molecule has 0 saturated carbocycles. The van der Waals surface area contributed by atoms with Gasteiger partial charge in [-0.2, -0.15) is 0 Å². The van der Waals surface area contributed by atoms with Crippen LogP contribution in [0.2, 0.25) is 0 Å². The highest BCUT2D eigenvalue weighted by atomic mass is 35.5. The quantitative estimate of drug-likeness (QED) is 0.765. The molecule has 0 saturated heterocycles. The van der Waals surface area contributed by atoms with Crippen LogP contribution in [0, 0.1) is 0 Å². The number of rotatable bonds is 7. The van der Waals surface area contributed by atoms with E-state index in [0.29, 0.717) is 5.92 Å². The maximum atomic E-state index is 6.12. The molecule has 2 rings (SSSR count). The fraction of sp³-hybridized carbons (Fsp3) is 0.400. The van der Waals surface area contributed by atoms with Gasteiger partial charge in [0.15, 0.2) is 0 Å². The Hall–Kier alpha value is -1.06. The average molecular weight is 369 g/mol. The van der Waals surface area contributed by atoms with Gasteiger partial charge in [-0.15, -0.1) is 24.8 Å². The molecule has 0 fully saturated rings. The third-order valence-corrected chi connectivity index (χ3v) is 3.88. The molecule has 0 aromatic heterocycles. The summed E-state index contributed by atoms with van der Waals surface area (Å²) in [5.74, 6) is 0.436. The van der Waals surface area contributed by atoms with Crippen LogP contribution < -0.4 is 5.73 Å². The van der Waals surface area contributed by atoms with Crippen molar-refractivity contribution in [2.24, 2.45) is 5.73 Å². The van der Waals surface area contributed by atoms with Gasteiger partial charge in [-0.25, -0.2) is 0 Å². The third-order valence-electron chi connectivity index (χ3n) is 3.88. The summed E-state index contributed by atoms with van der Waals surface area (Å²) in [5, 5.41) is 0. The van der Waals surface area contributed by atoms with Gasteiger partial charge in [0.2, 0.25) is 0 Å².